The van der Waals surface area contributed by atoms with E-state index in [2.05, 4.69) is 22.5 Å². The Bertz CT molecular complexity index is 1000. The molecule has 9 heteroatoms. The van der Waals surface area contributed by atoms with Crippen LogP contribution in [-0.4, -0.2) is 73.5 Å². The Morgan fingerprint density at radius 2 is 2.12 bits per heavy atom. The van der Waals surface area contributed by atoms with E-state index in [0.29, 0.717) is 12.8 Å². The molecule has 1 aromatic carbocycles. The minimum absolute atomic E-state index is 0.0886. The number of carboxylic acid groups (broad SMARTS) is 1. The summed E-state index contributed by atoms with van der Waals surface area (Å²) >= 11 is 5.13. The van der Waals surface area contributed by atoms with Gasteiger partial charge in [-0.25, -0.2) is 0 Å². The number of aliphatic carboxylic acids is 1. The van der Waals surface area contributed by atoms with Crippen LogP contribution < -0.4 is 4.90 Å². The first kappa shape index (κ1) is 24.3. The summed E-state index contributed by atoms with van der Waals surface area (Å²) in [4.78, 5) is 43.2. The summed E-state index contributed by atoms with van der Waals surface area (Å²) in [5.41, 5.74) is 2.70. The average Bonchev–Trinajstić information content (AvgIpc) is 3.35. The summed E-state index contributed by atoms with van der Waals surface area (Å²) in [5.74, 6) is -3.11. The van der Waals surface area contributed by atoms with Crippen LogP contribution in [0.5, 0.6) is 0 Å². The molecule has 178 valence electrons. The number of aliphatic hydroxyl groups excluding tert-OH is 1. The number of alkyl halides is 1. The number of benzene rings is 1. The zero-order valence-electron chi connectivity index (χ0n) is 18.7. The average molecular weight is 537 g/mol. The van der Waals surface area contributed by atoms with Crippen LogP contribution in [0.15, 0.2) is 30.9 Å². The third-order valence-electron chi connectivity index (χ3n) is 7.10. The largest absolute Gasteiger partial charge is 0.481 e. The van der Waals surface area contributed by atoms with Gasteiger partial charge in [-0.3, -0.25) is 14.4 Å². The smallest absolute Gasteiger partial charge is 0.308 e. The van der Waals surface area contributed by atoms with Crippen molar-refractivity contribution in [1.29, 1.82) is 0 Å². The molecule has 3 fully saturated rings. The lowest BCUT2D eigenvalue weighted by atomic mass is 9.71. The van der Waals surface area contributed by atoms with Crippen molar-refractivity contribution in [2.75, 3.05) is 24.6 Å². The molecule has 3 saturated heterocycles. The van der Waals surface area contributed by atoms with Crippen molar-refractivity contribution in [2.45, 2.75) is 47.6 Å². The lowest BCUT2D eigenvalue weighted by molar-refractivity contribution is -0.148. The molecule has 3 aliphatic heterocycles. The maximum Gasteiger partial charge on any atom is 0.308 e. The van der Waals surface area contributed by atoms with Crippen LogP contribution in [0.2, 0.25) is 0 Å². The molecule has 2 bridgehead atoms. The third kappa shape index (κ3) is 3.72. The van der Waals surface area contributed by atoms with Gasteiger partial charge in [-0.1, -0.05) is 34.1 Å². The summed E-state index contributed by atoms with van der Waals surface area (Å²) < 4.78 is -0.817. The predicted octanol–water partition coefficient (Wildman–Crippen LogP) is 2.75. The van der Waals surface area contributed by atoms with E-state index in [9.17, 15) is 24.6 Å². The molecule has 1 spiro atoms. The monoisotopic (exact) mass is 536 g/mol. The quantitative estimate of drug-likeness (QED) is 0.391. The number of rotatable bonds is 8. The fraction of sp³-hybridized carbons (Fsp3) is 0.542. The molecule has 7 nitrogen and oxygen atoms in total. The molecule has 2 N–H and O–H groups in total. The first-order chi connectivity index (χ1) is 15.7. The number of thioether (sulfide) groups is 1. The number of carbonyl (C=O) groups excluding carboxylic acids is 2. The minimum Gasteiger partial charge on any atom is -0.481 e. The maximum absolute atomic E-state index is 14.3. The molecule has 6 atom stereocenters. The molecule has 3 heterocycles. The van der Waals surface area contributed by atoms with Gasteiger partial charge in [0.05, 0.1) is 16.6 Å². The van der Waals surface area contributed by atoms with Gasteiger partial charge in [0, 0.05) is 35.5 Å². The third-order valence-corrected chi connectivity index (χ3v) is 10.3. The molecule has 3 unspecified atom stereocenters. The first-order valence-corrected chi connectivity index (χ1v) is 12.9. The zero-order chi connectivity index (χ0) is 24.1. The molecule has 3 aliphatic rings. The molecule has 0 radical (unpaired) electrons. The van der Waals surface area contributed by atoms with Crippen molar-refractivity contribution in [2.24, 2.45) is 11.8 Å². The Hall–Kier alpha value is -1.84. The van der Waals surface area contributed by atoms with Crippen LogP contribution >= 0.6 is 27.7 Å². The Morgan fingerprint density at radius 1 is 1.39 bits per heavy atom. The van der Waals surface area contributed by atoms with E-state index < -0.39 is 28.6 Å². The van der Waals surface area contributed by atoms with Gasteiger partial charge >= 0.3 is 5.97 Å². The number of amides is 2. The Labute approximate surface area is 206 Å². The van der Waals surface area contributed by atoms with Gasteiger partial charge in [-0.15, -0.1) is 18.3 Å². The van der Waals surface area contributed by atoms with Crippen LogP contribution in [-0.2, 0) is 14.4 Å². The van der Waals surface area contributed by atoms with Crippen LogP contribution in [0.4, 0.5) is 5.69 Å². The van der Waals surface area contributed by atoms with Crippen LogP contribution in [0.3, 0.4) is 0 Å². The van der Waals surface area contributed by atoms with E-state index in [1.807, 2.05) is 32.0 Å². The molecule has 2 amide bonds. The van der Waals surface area contributed by atoms with E-state index in [1.165, 1.54) is 16.7 Å². The van der Waals surface area contributed by atoms with Crippen LogP contribution in [0.25, 0.3) is 0 Å². The normalized spacial score (nSPS) is 32.2. The van der Waals surface area contributed by atoms with Crippen molar-refractivity contribution in [1.82, 2.24) is 4.90 Å². The van der Waals surface area contributed by atoms with Crippen molar-refractivity contribution in [3.05, 3.63) is 42.0 Å². The van der Waals surface area contributed by atoms with E-state index >= 15 is 0 Å². The number of halogens is 1. The second-order valence-electron chi connectivity index (χ2n) is 9.14. The summed E-state index contributed by atoms with van der Waals surface area (Å²) in [6.45, 7) is 8.10. The molecule has 1 aromatic rings. The van der Waals surface area contributed by atoms with Crippen molar-refractivity contribution in [3.8, 4) is 0 Å². The maximum atomic E-state index is 14.3. The second-order valence-corrected chi connectivity index (χ2v) is 11.9. The number of aryl methyl sites for hydroxylation is 2. The van der Waals surface area contributed by atoms with Gasteiger partial charge < -0.3 is 20.0 Å². The number of carboxylic acids is 1. The summed E-state index contributed by atoms with van der Waals surface area (Å²) in [7, 11) is 0. The van der Waals surface area contributed by atoms with E-state index in [4.69, 9.17) is 0 Å². The molecule has 0 saturated carbocycles. The van der Waals surface area contributed by atoms with Gasteiger partial charge in [0.2, 0.25) is 5.91 Å². The summed E-state index contributed by atoms with van der Waals surface area (Å²) in [5, 5.41) is 19.2. The Morgan fingerprint density at radius 3 is 2.76 bits per heavy atom. The molecule has 33 heavy (non-hydrogen) atoms. The molecular formula is C24H29BrN2O5S. The zero-order valence-corrected chi connectivity index (χ0v) is 21.1. The highest BCUT2D eigenvalue weighted by molar-refractivity contribution is 9.09. The Kier molecular flexibility index (Phi) is 6.68. The number of fused-ring (bicyclic) bond motifs is 1. The highest BCUT2D eigenvalue weighted by atomic mass is 79.9. The number of aliphatic hydroxyl groups is 1. The number of anilines is 1. The van der Waals surface area contributed by atoms with Crippen molar-refractivity contribution < 1.29 is 24.6 Å². The molecule has 0 aliphatic carbocycles. The van der Waals surface area contributed by atoms with E-state index in [1.54, 1.807) is 11.0 Å². The highest BCUT2D eigenvalue weighted by Crippen LogP contribution is 2.67. The number of hydrogen-bond acceptors (Lipinski definition) is 5. The SMILES string of the molecule is C=CCN(C(=O)C1N(CCCO)C(=O)[C@@H]2[C@@H](C(=O)O)[C@@H]3SC12CC3Br)c1cc(C)ccc1C. The topological polar surface area (TPSA) is 98.2 Å². The molecule has 0 aromatic heterocycles. The fourth-order valence-corrected chi connectivity index (χ4v) is 9.37. The van der Waals surface area contributed by atoms with Gasteiger partial charge in [0.15, 0.2) is 0 Å². The van der Waals surface area contributed by atoms with Gasteiger partial charge in [-0.05, 0) is 43.9 Å². The molecule has 4 rings (SSSR count). The van der Waals surface area contributed by atoms with Crippen molar-refractivity contribution in [3.63, 3.8) is 0 Å². The van der Waals surface area contributed by atoms with Gasteiger partial charge in [0.1, 0.15) is 6.04 Å². The van der Waals surface area contributed by atoms with Crippen LogP contribution in [0.1, 0.15) is 24.0 Å². The van der Waals surface area contributed by atoms with Gasteiger partial charge in [-0.2, -0.15) is 0 Å². The minimum atomic E-state index is -0.996. The first-order valence-electron chi connectivity index (χ1n) is 11.1. The highest BCUT2D eigenvalue weighted by Gasteiger charge is 2.76. The van der Waals surface area contributed by atoms with Crippen molar-refractivity contribution >= 4 is 51.2 Å². The number of likely N-dealkylation sites (tertiary alicyclic amines) is 1. The number of nitrogens with zero attached hydrogens (tertiary/aromatic N) is 2. The van der Waals surface area contributed by atoms with E-state index in [-0.39, 0.29) is 41.6 Å². The summed E-state index contributed by atoms with van der Waals surface area (Å²) in [6.07, 6.45) is 2.53. The summed E-state index contributed by atoms with van der Waals surface area (Å²) in [6, 6.07) is 5.09. The second kappa shape index (κ2) is 9.07. The van der Waals surface area contributed by atoms with Gasteiger partial charge in [0.25, 0.3) is 5.91 Å². The number of hydrogen-bond donors (Lipinski definition) is 2. The molecular weight excluding hydrogens is 508 g/mol. The fourth-order valence-electron chi connectivity index (χ4n) is 5.77. The van der Waals surface area contributed by atoms with E-state index in [0.717, 1.165) is 16.8 Å². The lowest BCUT2D eigenvalue weighted by Crippen LogP contribution is -2.55. The van der Waals surface area contributed by atoms with Crippen LogP contribution in [0, 0.1) is 25.7 Å². The number of carbonyl (C=O) groups is 3. The standard InChI is InChI=1S/C24H29BrN2O5S/c1-4-8-26(16-11-13(2)6-7-14(16)3)22(30)20-24-12-15(25)19(33-24)17(23(31)32)18(24)21(29)27(20)9-5-10-28/h4,6-7,11,15,17-20,28H,1,5,8-10,12H2,2-3H3,(H,31,32)/t15?,17-,18+,19-,20?,24?/m1/s1. The lowest BCUT2D eigenvalue weighted by Gasteiger charge is -2.38. The predicted molar refractivity (Wildman–Crippen MR) is 132 cm³/mol. The Balaban J connectivity index is 1.82.